The molecule has 2 aromatic rings. The Morgan fingerprint density at radius 2 is 1.38 bits per heavy atom. The first-order valence-corrected chi connectivity index (χ1v) is 9.38. The van der Waals surface area contributed by atoms with Crippen LogP contribution in [0.3, 0.4) is 0 Å². The number of nitrogens with one attached hydrogen (secondary N) is 2. The van der Waals surface area contributed by atoms with Gasteiger partial charge in [0.15, 0.2) is 0 Å². The molecule has 0 saturated carbocycles. The number of hydrogen-bond donors (Lipinski definition) is 2. The molecule has 0 atom stereocenters. The number of aryl methyl sites for hydroxylation is 2. The Balaban J connectivity index is 2.32. The Morgan fingerprint density at radius 1 is 0.846 bits per heavy atom. The normalized spacial score (nSPS) is 11.8. The van der Waals surface area contributed by atoms with Gasteiger partial charge >= 0.3 is 0 Å². The molecular weight excluding hydrogens is 320 g/mol. The van der Waals surface area contributed by atoms with Crippen LogP contribution in [-0.4, -0.2) is 25.0 Å². The topological polar surface area (TPSA) is 48.8 Å². The van der Waals surface area contributed by atoms with Gasteiger partial charge in [-0.05, 0) is 69.5 Å². The first-order chi connectivity index (χ1) is 12.6. The van der Waals surface area contributed by atoms with Crippen LogP contribution in [0.25, 0.3) is 0 Å². The number of nitrogens with zero attached hydrogens (tertiary/aromatic N) is 2. The van der Waals surface area contributed by atoms with Crippen molar-refractivity contribution in [3.05, 3.63) is 47.5 Å². The lowest BCUT2D eigenvalue weighted by atomic mass is 10.2. The smallest absolute Gasteiger partial charge is 0.0865 e. The van der Waals surface area contributed by atoms with Crippen LogP contribution in [0.2, 0.25) is 0 Å². The average molecular weight is 351 g/mol. The third-order valence-electron chi connectivity index (χ3n) is 4.02. The van der Waals surface area contributed by atoms with Crippen molar-refractivity contribution in [2.24, 2.45) is 9.98 Å². The summed E-state index contributed by atoms with van der Waals surface area (Å²) >= 11 is 0. The monoisotopic (exact) mass is 350 g/mol. The molecule has 0 spiro atoms. The predicted octanol–water partition coefficient (Wildman–Crippen LogP) is 6.05. The summed E-state index contributed by atoms with van der Waals surface area (Å²) in [5.41, 5.74) is 7.42. The van der Waals surface area contributed by atoms with E-state index in [0.29, 0.717) is 0 Å². The molecule has 4 nitrogen and oxygen atoms in total. The van der Waals surface area contributed by atoms with Gasteiger partial charge in [-0.25, -0.2) is 4.99 Å². The maximum Gasteiger partial charge on any atom is 0.0865 e. The second kappa shape index (κ2) is 9.76. The Bertz CT molecular complexity index is 791. The van der Waals surface area contributed by atoms with E-state index in [1.54, 1.807) is 0 Å². The third kappa shape index (κ3) is 5.45. The van der Waals surface area contributed by atoms with Crippen LogP contribution in [0.15, 0.2) is 46.4 Å². The van der Waals surface area contributed by atoms with Crippen molar-refractivity contribution in [2.45, 2.75) is 41.0 Å². The third-order valence-corrected chi connectivity index (χ3v) is 4.02. The number of anilines is 2. The first kappa shape index (κ1) is 19.7. The van der Waals surface area contributed by atoms with Gasteiger partial charge in [-0.3, -0.25) is 4.99 Å². The molecule has 0 saturated heterocycles. The summed E-state index contributed by atoms with van der Waals surface area (Å²) in [6, 6.07) is 12.5. The molecule has 138 valence electrons. The minimum absolute atomic E-state index is 0.825. The fourth-order valence-corrected chi connectivity index (χ4v) is 2.67. The highest BCUT2D eigenvalue weighted by atomic mass is 14.9. The van der Waals surface area contributed by atoms with Gasteiger partial charge in [-0.15, -0.1) is 0 Å². The molecule has 2 N–H and O–H groups in total. The molecule has 0 bridgehead atoms. The number of benzene rings is 2. The van der Waals surface area contributed by atoms with Gasteiger partial charge in [-0.1, -0.05) is 19.1 Å². The summed E-state index contributed by atoms with van der Waals surface area (Å²) in [4.78, 5) is 9.52. The standard InChI is InChI=1S/C22H30N4/c1-6-18(26-20-12-10-17(5)14-22(20)24-8-3)15-25-19-11-9-16(4)13-21(19)23-7-2/h9-15,23-24H,6-8H2,1-5H3. The minimum atomic E-state index is 0.825. The number of aliphatic imine (C=N–C) groups is 2. The molecule has 26 heavy (non-hydrogen) atoms. The van der Waals surface area contributed by atoms with Gasteiger partial charge in [0, 0.05) is 19.3 Å². The molecule has 0 aliphatic heterocycles. The van der Waals surface area contributed by atoms with E-state index in [2.05, 4.69) is 80.6 Å². The fraction of sp³-hybridized carbons (Fsp3) is 0.364. The van der Waals surface area contributed by atoms with Crippen LogP contribution in [0.5, 0.6) is 0 Å². The van der Waals surface area contributed by atoms with Crippen molar-refractivity contribution in [2.75, 3.05) is 23.7 Å². The maximum atomic E-state index is 4.83. The lowest BCUT2D eigenvalue weighted by Gasteiger charge is -2.10. The highest BCUT2D eigenvalue weighted by Crippen LogP contribution is 2.27. The molecule has 0 aromatic heterocycles. The van der Waals surface area contributed by atoms with Crippen molar-refractivity contribution in [3.8, 4) is 0 Å². The van der Waals surface area contributed by atoms with E-state index in [-0.39, 0.29) is 0 Å². The zero-order chi connectivity index (χ0) is 18.9. The zero-order valence-electron chi connectivity index (χ0n) is 16.6. The average Bonchev–Trinajstić information content (AvgIpc) is 2.62. The summed E-state index contributed by atoms with van der Waals surface area (Å²) < 4.78 is 0. The highest BCUT2D eigenvalue weighted by Gasteiger charge is 2.04. The molecule has 2 rings (SSSR count). The van der Waals surface area contributed by atoms with Crippen LogP contribution in [-0.2, 0) is 0 Å². The van der Waals surface area contributed by atoms with Gasteiger partial charge in [0.05, 0.1) is 28.5 Å². The molecule has 0 aliphatic carbocycles. The lowest BCUT2D eigenvalue weighted by Crippen LogP contribution is -2.01. The molecule has 2 aromatic carbocycles. The van der Waals surface area contributed by atoms with Crippen molar-refractivity contribution in [3.63, 3.8) is 0 Å². The van der Waals surface area contributed by atoms with Crippen molar-refractivity contribution in [1.29, 1.82) is 0 Å². The van der Waals surface area contributed by atoms with Gasteiger partial charge in [0.1, 0.15) is 0 Å². The Morgan fingerprint density at radius 3 is 1.92 bits per heavy atom. The second-order valence-electron chi connectivity index (χ2n) is 6.32. The number of hydrogen-bond acceptors (Lipinski definition) is 4. The lowest BCUT2D eigenvalue weighted by molar-refractivity contribution is 1.20. The molecule has 0 unspecified atom stereocenters. The van der Waals surface area contributed by atoms with E-state index < -0.39 is 0 Å². The van der Waals surface area contributed by atoms with Crippen LogP contribution in [0.4, 0.5) is 22.7 Å². The summed E-state index contributed by atoms with van der Waals surface area (Å²) in [6.45, 7) is 12.2. The quantitative estimate of drug-likeness (QED) is 0.569. The second-order valence-corrected chi connectivity index (χ2v) is 6.32. The Kier molecular flexibility index (Phi) is 7.39. The van der Waals surface area contributed by atoms with Crippen molar-refractivity contribution in [1.82, 2.24) is 0 Å². The molecule has 0 amide bonds. The van der Waals surface area contributed by atoms with E-state index in [1.165, 1.54) is 11.1 Å². The van der Waals surface area contributed by atoms with Gasteiger partial charge in [0.25, 0.3) is 0 Å². The molecule has 0 heterocycles. The summed E-state index contributed by atoms with van der Waals surface area (Å²) in [5.74, 6) is 0. The van der Waals surface area contributed by atoms with Gasteiger partial charge in [0.2, 0.25) is 0 Å². The van der Waals surface area contributed by atoms with Crippen LogP contribution >= 0.6 is 0 Å². The zero-order valence-corrected chi connectivity index (χ0v) is 16.6. The van der Waals surface area contributed by atoms with Gasteiger partial charge < -0.3 is 10.6 Å². The molecular formula is C22H30N4. The predicted molar refractivity (Wildman–Crippen MR) is 116 cm³/mol. The largest absolute Gasteiger partial charge is 0.384 e. The Hall–Kier alpha value is -2.62. The maximum absolute atomic E-state index is 4.83. The highest BCUT2D eigenvalue weighted by molar-refractivity contribution is 6.31. The van der Waals surface area contributed by atoms with Crippen LogP contribution < -0.4 is 10.6 Å². The van der Waals surface area contributed by atoms with E-state index in [1.807, 2.05) is 12.3 Å². The molecule has 0 aliphatic rings. The van der Waals surface area contributed by atoms with Gasteiger partial charge in [-0.2, -0.15) is 0 Å². The fourth-order valence-electron chi connectivity index (χ4n) is 2.67. The molecule has 0 radical (unpaired) electrons. The van der Waals surface area contributed by atoms with Crippen LogP contribution in [0.1, 0.15) is 38.3 Å². The van der Waals surface area contributed by atoms with Crippen molar-refractivity contribution >= 4 is 34.7 Å². The SMILES string of the molecule is CCNc1cc(C)ccc1N=CC(CC)=Nc1ccc(C)cc1NCC. The van der Waals surface area contributed by atoms with E-state index in [9.17, 15) is 0 Å². The minimum Gasteiger partial charge on any atom is -0.384 e. The molecule has 0 fully saturated rings. The first-order valence-electron chi connectivity index (χ1n) is 9.38. The Labute approximate surface area is 157 Å². The van der Waals surface area contributed by atoms with E-state index >= 15 is 0 Å². The van der Waals surface area contributed by atoms with E-state index in [0.717, 1.165) is 48.0 Å². The van der Waals surface area contributed by atoms with Crippen LogP contribution in [0, 0.1) is 13.8 Å². The summed E-state index contributed by atoms with van der Waals surface area (Å²) in [6.07, 6.45) is 2.70. The van der Waals surface area contributed by atoms with Crippen molar-refractivity contribution < 1.29 is 0 Å². The summed E-state index contributed by atoms with van der Waals surface area (Å²) in [5, 5.41) is 6.77. The number of rotatable bonds is 8. The molecule has 4 heteroatoms. The summed E-state index contributed by atoms with van der Waals surface area (Å²) in [7, 11) is 0. The van der Waals surface area contributed by atoms with E-state index in [4.69, 9.17) is 4.99 Å².